The number of benzene rings is 1. The molecule has 1 aromatic carbocycles. The van der Waals surface area contributed by atoms with Crippen molar-refractivity contribution in [3.8, 4) is 0 Å². The highest BCUT2D eigenvalue weighted by Crippen LogP contribution is 2.37. The van der Waals surface area contributed by atoms with Crippen molar-refractivity contribution in [2.24, 2.45) is 5.92 Å². The second-order valence-electron chi connectivity index (χ2n) is 7.73. The van der Waals surface area contributed by atoms with E-state index in [2.05, 4.69) is 26.1 Å². The van der Waals surface area contributed by atoms with Crippen LogP contribution in [-0.2, 0) is 21.4 Å². The van der Waals surface area contributed by atoms with Crippen LogP contribution in [0.1, 0.15) is 55.5 Å². The number of rotatable bonds is 6. The lowest BCUT2D eigenvalue weighted by Crippen LogP contribution is -2.42. The van der Waals surface area contributed by atoms with Gasteiger partial charge in [-0.3, -0.25) is 14.4 Å². The van der Waals surface area contributed by atoms with Gasteiger partial charge in [0.05, 0.1) is 11.3 Å². The molecule has 0 radical (unpaired) electrons. The van der Waals surface area contributed by atoms with Gasteiger partial charge >= 0.3 is 0 Å². The van der Waals surface area contributed by atoms with Crippen LogP contribution in [0, 0.1) is 5.92 Å². The van der Waals surface area contributed by atoms with Gasteiger partial charge in [-0.15, -0.1) is 10.2 Å². The van der Waals surface area contributed by atoms with Gasteiger partial charge < -0.3 is 16.0 Å². The van der Waals surface area contributed by atoms with E-state index in [0.717, 1.165) is 22.7 Å². The van der Waals surface area contributed by atoms with Gasteiger partial charge in [-0.2, -0.15) is 0 Å². The summed E-state index contributed by atoms with van der Waals surface area (Å²) in [5, 5.41) is 17.7. The monoisotopic (exact) mass is 415 g/mol. The van der Waals surface area contributed by atoms with Crippen molar-refractivity contribution in [2.75, 3.05) is 10.6 Å². The smallest absolute Gasteiger partial charge is 0.251 e. The fourth-order valence-electron chi connectivity index (χ4n) is 3.02. The van der Waals surface area contributed by atoms with E-state index in [9.17, 15) is 14.4 Å². The number of carbonyl (C=O) groups excluding carboxylic acids is 3. The molecule has 3 rings (SSSR count). The molecule has 8 nitrogen and oxygen atoms in total. The number of hydrogen-bond acceptors (Lipinski definition) is 6. The molecule has 3 N–H and O–H groups in total. The molecule has 0 saturated carbocycles. The van der Waals surface area contributed by atoms with Gasteiger partial charge in [0.25, 0.3) is 5.91 Å². The van der Waals surface area contributed by atoms with Crippen molar-refractivity contribution in [3.63, 3.8) is 0 Å². The Hall–Kier alpha value is -2.81. The summed E-state index contributed by atoms with van der Waals surface area (Å²) < 4.78 is 0. The Morgan fingerprint density at radius 1 is 1.24 bits per heavy atom. The van der Waals surface area contributed by atoms with Crippen molar-refractivity contribution < 1.29 is 14.4 Å². The molecule has 2 atom stereocenters. The van der Waals surface area contributed by atoms with Gasteiger partial charge in [-0.1, -0.05) is 25.2 Å². The average molecular weight is 416 g/mol. The molecule has 1 aliphatic heterocycles. The molecule has 154 valence electrons. The van der Waals surface area contributed by atoms with Gasteiger partial charge in [0.15, 0.2) is 0 Å². The lowest BCUT2D eigenvalue weighted by Gasteiger charge is -2.21. The summed E-state index contributed by atoms with van der Waals surface area (Å²) in [7, 11) is 0. The van der Waals surface area contributed by atoms with Crippen LogP contribution < -0.4 is 16.0 Å². The lowest BCUT2D eigenvalue weighted by atomic mass is 9.85. The number of aryl methyl sites for hydroxylation is 1. The van der Waals surface area contributed by atoms with E-state index in [-0.39, 0.29) is 17.7 Å². The minimum Gasteiger partial charge on any atom is -0.349 e. The number of amides is 3. The zero-order valence-electron chi connectivity index (χ0n) is 17.1. The Balaban J connectivity index is 1.65. The Bertz CT molecular complexity index is 969. The molecule has 0 bridgehead atoms. The number of nitrogens with one attached hydrogen (secondary N) is 3. The summed E-state index contributed by atoms with van der Waals surface area (Å²) in [5.41, 5.74) is 1.27. The fourth-order valence-corrected chi connectivity index (χ4v) is 3.70. The summed E-state index contributed by atoms with van der Waals surface area (Å²) in [4.78, 5) is 37.3. The van der Waals surface area contributed by atoms with Crippen LogP contribution in [-0.4, -0.2) is 34.0 Å². The topological polar surface area (TPSA) is 113 Å². The second-order valence-corrected chi connectivity index (χ2v) is 8.80. The van der Waals surface area contributed by atoms with E-state index in [1.807, 2.05) is 20.8 Å². The first-order valence-corrected chi connectivity index (χ1v) is 10.3. The van der Waals surface area contributed by atoms with Crippen molar-refractivity contribution in [2.45, 2.75) is 52.5 Å². The summed E-state index contributed by atoms with van der Waals surface area (Å²) >= 11 is 1.34. The largest absolute Gasteiger partial charge is 0.349 e. The lowest BCUT2D eigenvalue weighted by molar-refractivity contribution is -0.120. The van der Waals surface area contributed by atoms with Crippen LogP contribution in [0.4, 0.5) is 10.8 Å². The van der Waals surface area contributed by atoms with Crippen molar-refractivity contribution in [1.82, 2.24) is 15.5 Å². The number of carbonyl (C=O) groups is 3. The highest BCUT2D eigenvalue weighted by atomic mass is 32.1. The normalized spacial score (nSPS) is 16.5. The summed E-state index contributed by atoms with van der Waals surface area (Å²) in [6.45, 7) is 9.14. The van der Waals surface area contributed by atoms with Crippen molar-refractivity contribution in [3.05, 3.63) is 34.3 Å². The highest BCUT2D eigenvalue weighted by molar-refractivity contribution is 7.15. The molecule has 0 fully saturated rings. The van der Waals surface area contributed by atoms with Crippen molar-refractivity contribution in [1.29, 1.82) is 0 Å². The van der Waals surface area contributed by atoms with Crippen LogP contribution in [0.25, 0.3) is 0 Å². The standard InChI is InChI=1S/C20H25N5O3S/c1-6-15-24-25-19(29-15)23-16(26)10(2)11(3)21-17(27)12-7-8-14-13(9-12)20(4,5)18(28)22-14/h7-11H,6H2,1-5H3,(H,21,27)(H,22,28)(H,23,25,26). The van der Waals surface area contributed by atoms with Gasteiger partial charge in [0.2, 0.25) is 16.9 Å². The third-order valence-corrected chi connectivity index (χ3v) is 6.28. The maximum Gasteiger partial charge on any atom is 0.251 e. The van der Waals surface area contributed by atoms with Crippen LogP contribution in [0.5, 0.6) is 0 Å². The molecule has 2 aromatic rings. The molecule has 1 aromatic heterocycles. The molecule has 0 saturated heterocycles. The predicted octanol–water partition coefficient (Wildman–Crippen LogP) is 2.72. The van der Waals surface area contributed by atoms with Crippen LogP contribution >= 0.6 is 11.3 Å². The number of aromatic nitrogens is 2. The third kappa shape index (κ3) is 4.14. The molecule has 2 heterocycles. The van der Waals surface area contributed by atoms with Gasteiger partial charge in [-0.25, -0.2) is 0 Å². The molecule has 2 unspecified atom stereocenters. The number of anilines is 2. The molecule has 1 aliphatic rings. The quantitative estimate of drug-likeness (QED) is 0.671. The summed E-state index contributed by atoms with van der Waals surface area (Å²) in [6.07, 6.45) is 0.758. The first-order chi connectivity index (χ1) is 13.6. The van der Waals surface area contributed by atoms with Gasteiger partial charge in [0.1, 0.15) is 5.01 Å². The zero-order valence-corrected chi connectivity index (χ0v) is 17.9. The molecule has 0 spiro atoms. The van der Waals surface area contributed by atoms with Crippen LogP contribution in [0.15, 0.2) is 18.2 Å². The minimum atomic E-state index is -0.691. The number of fused-ring (bicyclic) bond motifs is 1. The maximum absolute atomic E-state index is 12.7. The highest BCUT2D eigenvalue weighted by Gasteiger charge is 2.38. The summed E-state index contributed by atoms with van der Waals surface area (Å²) in [5.74, 6) is -1.09. The predicted molar refractivity (Wildman–Crippen MR) is 112 cm³/mol. The summed E-state index contributed by atoms with van der Waals surface area (Å²) in [6, 6.07) is 4.73. The van der Waals surface area contributed by atoms with Crippen molar-refractivity contribution >= 4 is 39.9 Å². The number of hydrogen-bond donors (Lipinski definition) is 3. The molecule has 9 heteroatoms. The second kappa shape index (κ2) is 7.90. The van der Waals surface area contributed by atoms with Gasteiger partial charge in [0, 0.05) is 17.3 Å². The van der Waals surface area contributed by atoms with Crippen LogP contribution in [0.3, 0.4) is 0 Å². The van der Waals surface area contributed by atoms with E-state index in [1.165, 1.54) is 11.3 Å². The SMILES string of the molecule is CCc1nnc(NC(=O)C(C)C(C)NC(=O)c2ccc3c(c2)C(C)(C)C(=O)N3)s1. The Morgan fingerprint density at radius 3 is 2.62 bits per heavy atom. The Labute approximate surface area is 173 Å². The first kappa shape index (κ1) is 20.9. The van der Waals surface area contributed by atoms with Crippen LogP contribution in [0.2, 0.25) is 0 Å². The van der Waals surface area contributed by atoms with Gasteiger partial charge in [-0.05, 0) is 51.0 Å². The Kier molecular flexibility index (Phi) is 5.70. The fraction of sp³-hybridized carbons (Fsp3) is 0.450. The van der Waals surface area contributed by atoms with E-state index < -0.39 is 17.4 Å². The zero-order chi connectivity index (χ0) is 21.3. The molecule has 3 amide bonds. The molecular formula is C20H25N5O3S. The first-order valence-electron chi connectivity index (χ1n) is 9.53. The van der Waals surface area contributed by atoms with E-state index >= 15 is 0 Å². The third-order valence-electron chi connectivity index (χ3n) is 5.29. The maximum atomic E-state index is 12.7. The van der Waals surface area contributed by atoms with E-state index in [1.54, 1.807) is 32.0 Å². The minimum absolute atomic E-state index is 0.0911. The average Bonchev–Trinajstić information content (AvgIpc) is 3.22. The van der Waals surface area contributed by atoms with E-state index in [0.29, 0.717) is 10.7 Å². The molecule has 0 aliphatic carbocycles. The molecular weight excluding hydrogens is 390 g/mol. The van der Waals surface area contributed by atoms with E-state index in [4.69, 9.17) is 0 Å². The number of nitrogens with zero attached hydrogens (tertiary/aromatic N) is 2. The Morgan fingerprint density at radius 2 is 1.97 bits per heavy atom. The molecule has 29 heavy (non-hydrogen) atoms.